The van der Waals surface area contributed by atoms with E-state index in [4.69, 9.17) is 9.97 Å². The van der Waals surface area contributed by atoms with E-state index in [9.17, 15) is 5.11 Å². The molecule has 0 fully saturated rings. The number of rotatable bonds is 10. The summed E-state index contributed by atoms with van der Waals surface area (Å²) in [6.07, 6.45) is 7.92. The second-order valence-electron chi connectivity index (χ2n) is 14.4. The van der Waals surface area contributed by atoms with Crippen LogP contribution >= 0.6 is 0 Å². The number of benzene rings is 3. The molecule has 56 heavy (non-hydrogen) atoms. The van der Waals surface area contributed by atoms with Crippen LogP contribution in [-0.2, 0) is 40.8 Å². The van der Waals surface area contributed by atoms with Crippen molar-refractivity contribution in [2.24, 2.45) is 0 Å². The van der Waals surface area contributed by atoms with Crippen LogP contribution in [0.25, 0.3) is 22.3 Å². The molecule has 0 aliphatic rings. The van der Waals surface area contributed by atoms with Gasteiger partial charge in [0, 0.05) is 34.4 Å². The summed E-state index contributed by atoms with van der Waals surface area (Å²) >= 11 is 0. The van der Waals surface area contributed by atoms with Gasteiger partial charge < -0.3 is 54.7 Å². The summed E-state index contributed by atoms with van der Waals surface area (Å²) in [7, 11) is 0. The Kier molecular flexibility index (Phi) is 24.4. The topological polar surface area (TPSA) is 52.0 Å². The fourth-order valence-corrected chi connectivity index (χ4v) is 7.03. The average Bonchev–Trinajstić information content (AvgIpc) is 3.10. The Morgan fingerprint density at radius 1 is 0.518 bits per heavy atom. The molecular formula is C45H54Cl4N4OPd2+2. The number of hydrogen-bond donors (Lipinski definition) is 1. The molecule has 0 radical (unpaired) electrons. The van der Waals surface area contributed by atoms with Crippen molar-refractivity contribution in [2.45, 2.75) is 99.8 Å². The van der Waals surface area contributed by atoms with Gasteiger partial charge in [0.05, 0.1) is 12.4 Å². The van der Waals surface area contributed by atoms with Crippen molar-refractivity contribution in [2.75, 3.05) is 0 Å². The van der Waals surface area contributed by atoms with E-state index in [1.165, 1.54) is 33.6 Å². The first-order valence-corrected chi connectivity index (χ1v) is 18.1. The normalized spacial score (nSPS) is 11.2. The molecule has 5 rings (SSSR count). The molecule has 0 aliphatic carbocycles. The molecule has 0 spiro atoms. The zero-order valence-corrected chi connectivity index (χ0v) is 40.1. The summed E-state index contributed by atoms with van der Waals surface area (Å²) in [5.41, 5.74) is 12.8. The van der Waals surface area contributed by atoms with E-state index < -0.39 is 0 Å². The SMILES string of the molecule is CC=[N+](c1ccccn1)c1c(C(C)C)cc(-c2cc(O)cc(-c3cc(C(C)C)c([N+](=CC)c4ccccn4)c(C(C)C)c3)c2C)cc1C(C)C.[Cl-].[Cl-].[Cl-].[Cl-].[Pd+2].[Pd+2]. The van der Waals surface area contributed by atoms with Gasteiger partial charge in [0.15, 0.2) is 0 Å². The maximum atomic E-state index is 11.4. The minimum Gasteiger partial charge on any atom is -1.00 e. The monoisotopic (exact) mass is 1020 g/mol. The second-order valence-corrected chi connectivity index (χ2v) is 14.4. The standard InChI is InChI=1S/C45H53N4O.4ClH.2Pd/c1-12-48(42-18-14-16-20-46-42)44-36(28(3)4)22-33(23-37(44)29(5)6)40-26-35(50)27-41(32(40)11)34-24-38(30(7)8)45(39(25-34)31(9)10)49(13-2)43-19-15-17-21-47-43;;;;;;/h12-31H,1-11H3;4*1H;;/q+1;;;;;2*+2/p-3. The van der Waals surface area contributed by atoms with Gasteiger partial charge in [-0.25, -0.2) is 9.15 Å². The van der Waals surface area contributed by atoms with Crippen LogP contribution in [0.5, 0.6) is 5.75 Å². The first-order valence-electron chi connectivity index (χ1n) is 18.1. The van der Waals surface area contributed by atoms with Crippen LogP contribution in [0.4, 0.5) is 23.0 Å². The summed E-state index contributed by atoms with van der Waals surface area (Å²) < 4.78 is 4.44. The Balaban J connectivity index is 0. The molecule has 5 aromatic rings. The maximum absolute atomic E-state index is 11.4. The summed E-state index contributed by atoms with van der Waals surface area (Å²) in [5.74, 6) is 3.11. The van der Waals surface area contributed by atoms with Gasteiger partial charge in [-0.2, -0.15) is 0 Å². The Labute approximate surface area is 387 Å². The fraction of sp³-hybridized carbons (Fsp3) is 0.333. The van der Waals surface area contributed by atoms with Gasteiger partial charge in [-0.1, -0.05) is 67.5 Å². The van der Waals surface area contributed by atoms with Gasteiger partial charge >= 0.3 is 52.5 Å². The molecule has 0 atom stereocenters. The second kappa shape index (κ2) is 24.5. The quantitative estimate of drug-likeness (QED) is 0.124. The van der Waals surface area contributed by atoms with Crippen molar-refractivity contribution in [1.29, 1.82) is 0 Å². The largest absolute Gasteiger partial charge is 2.00 e. The van der Waals surface area contributed by atoms with Crippen molar-refractivity contribution in [3.63, 3.8) is 0 Å². The van der Waals surface area contributed by atoms with Gasteiger partial charge in [0.1, 0.15) is 29.5 Å². The van der Waals surface area contributed by atoms with Crippen LogP contribution in [0.2, 0.25) is 0 Å². The average molecular weight is 1020 g/mol. The summed E-state index contributed by atoms with van der Waals surface area (Å²) in [5, 5.41) is 11.4. The third-order valence-corrected chi connectivity index (χ3v) is 9.63. The van der Waals surface area contributed by atoms with E-state index >= 15 is 0 Å². The minimum atomic E-state index is 0. The summed E-state index contributed by atoms with van der Waals surface area (Å²) in [6.45, 7) is 24.4. The first kappa shape index (κ1) is 55.7. The van der Waals surface area contributed by atoms with Crippen molar-refractivity contribution in [3.05, 3.63) is 113 Å². The molecule has 3 aromatic carbocycles. The Morgan fingerprint density at radius 3 is 1.05 bits per heavy atom. The van der Waals surface area contributed by atoms with Crippen LogP contribution in [0.3, 0.4) is 0 Å². The number of nitrogens with zero attached hydrogens (tertiary/aromatic N) is 4. The van der Waals surface area contributed by atoms with E-state index in [0.717, 1.165) is 39.5 Å². The number of phenols is 1. The van der Waals surface area contributed by atoms with Gasteiger partial charge in [-0.15, -0.1) is 0 Å². The molecule has 2 heterocycles. The van der Waals surface area contributed by atoms with E-state index in [0.29, 0.717) is 0 Å². The minimum absolute atomic E-state index is 0. The van der Waals surface area contributed by atoms with E-state index in [2.05, 4.69) is 134 Å². The van der Waals surface area contributed by atoms with Crippen LogP contribution in [0.1, 0.15) is 121 Å². The fourth-order valence-electron chi connectivity index (χ4n) is 7.03. The van der Waals surface area contributed by atoms with Crippen LogP contribution in [0, 0.1) is 6.92 Å². The molecule has 0 bridgehead atoms. The third kappa shape index (κ3) is 11.8. The molecule has 5 nitrogen and oxygen atoms in total. The molecule has 2 aromatic heterocycles. The molecule has 0 aliphatic heterocycles. The van der Waals surface area contributed by atoms with Crippen molar-refractivity contribution in [1.82, 2.24) is 19.1 Å². The van der Waals surface area contributed by atoms with E-state index in [1.54, 1.807) is 0 Å². The zero-order valence-electron chi connectivity index (χ0n) is 33.9. The molecule has 11 heteroatoms. The van der Waals surface area contributed by atoms with Gasteiger partial charge in [-0.3, -0.25) is 0 Å². The van der Waals surface area contributed by atoms with Gasteiger partial charge in [-0.05, 0) is 131 Å². The Morgan fingerprint density at radius 2 is 0.821 bits per heavy atom. The Hall–Kier alpha value is -2.42. The van der Waals surface area contributed by atoms with E-state index in [-0.39, 0.29) is 120 Å². The summed E-state index contributed by atoms with van der Waals surface area (Å²) in [4.78, 5) is 9.42. The van der Waals surface area contributed by atoms with E-state index in [1.807, 2.05) is 48.8 Å². The summed E-state index contributed by atoms with van der Waals surface area (Å²) in [6, 6.07) is 25.2. The smallest absolute Gasteiger partial charge is 1.00 e. The molecule has 0 saturated heterocycles. The molecule has 0 unspecified atom stereocenters. The third-order valence-electron chi connectivity index (χ3n) is 9.63. The number of aromatic nitrogens is 2. The Bertz CT molecular complexity index is 1870. The van der Waals surface area contributed by atoms with Crippen LogP contribution in [-0.4, -0.2) is 27.5 Å². The van der Waals surface area contributed by atoms with Crippen LogP contribution < -0.4 is 58.8 Å². The predicted molar refractivity (Wildman–Crippen MR) is 215 cm³/mol. The zero-order chi connectivity index (χ0) is 36.3. The van der Waals surface area contributed by atoms with Gasteiger partial charge in [0.25, 0.3) is 0 Å². The number of halogens is 4. The molecule has 0 amide bonds. The van der Waals surface area contributed by atoms with Crippen molar-refractivity contribution < 1.29 is 95.6 Å². The number of pyridine rings is 2. The first-order chi connectivity index (χ1) is 23.9. The molecular weight excluding hydrogens is 967 g/mol. The number of aromatic hydroxyl groups is 1. The van der Waals surface area contributed by atoms with Crippen molar-refractivity contribution in [3.8, 4) is 28.0 Å². The predicted octanol–water partition coefficient (Wildman–Crippen LogP) is 0.180. The number of phenolic OH excluding ortho intramolecular Hbond substituents is 1. The maximum Gasteiger partial charge on any atom is 2.00 e. The molecule has 1 N–H and O–H groups in total. The molecule has 306 valence electrons. The molecule has 0 saturated carbocycles. The number of hydrogen-bond acceptors (Lipinski definition) is 3. The van der Waals surface area contributed by atoms with Crippen LogP contribution in [0.15, 0.2) is 85.2 Å². The van der Waals surface area contributed by atoms with Crippen molar-refractivity contribution >= 4 is 35.4 Å². The van der Waals surface area contributed by atoms with Gasteiger partial charge in [0.2, 0.25) is 0 Å².